The summed E-state index contributed by atoms with van der Waals surface area (Å²) >= 11 is 2.77. The van der Waals surface area contributed by atoms with Crippen LogP contribution >= 0.6 is 23.1 Å². The zero-order valence-corrected chi connectivity index (χ0v) is 18.2. The number of nitrogen functional groups attached to an aromatic ring is 1. The first kappa shape index (κ1) is 21.0. The highest BCUT2D eigenvalue weighted by molar-refractivity contribution is 7.98. The van der Waals surface area contributed by atoms with E-state index in [1.807, 2.05) is 36.6 Å². The summed E-state index contributed by atoms with van der Waals surface area (Å²) in [6, 6.07) is 13.9. The highest BCUT2D eigenvalue weighted by Gasteiger charge is 2.16. The van der Waals surface area contributed by atoms with E-state index in [0.717, 1.165) is 22.0 Å². The maximum atomic E-state index is 14.0. The first-order chi connectivity index (χ1) is 15.0. The summed E-state index contributed by atoms with van der Waals surface area (Å²) < 4.78 is 15.3. The highest BCUT2D eigenvalue weighted by Crippen LogP contribution is 2.26. The lowest BCUT2D eigenvalue weighted by atomic mass is 10.2. The van der Waals surface area contributed by atoms with Gasteiger partial charge in [-0.2, -0.15) is 0 Å². The molecular weight excluding hydrogens is 435 g/mol. The number of thioether (sulfide) groups is 1. The van der Waals surface area contributed by atoms with Crippen molar-refractivity contribution in [1.82, 2.24) is 19.9 Å². The number of rotatable bonds is 7. The van der Waals surface area contributed by atoms with E-state index in [0.29, 0.717) is 16.5 Å². The third kappa shape index (κ3) is 5.09. The van der Waals surface area contributed by atoms with Gasteiger partial charge in [0, 0.05) is 16.8 Å². The molecule has 4 rings (SSSR count). The van der Waals surface area contributed by atoms with Crippen LogP contribution in [0.2, 0.25) is 0 Å². The van der Waals surface area contributed by atoms with Crippen molar-refractivity contribution in [2.24, 2.45) is 0 Å². The van der Waals surface area contributed by atoms with Gasteiger partial charge in [0.05, 0.1) is 17.7 Å². The molecule has 1 amide bonds. The number of carbonyl (C=O) groups is 1. The Morgan fingerprint density at radius 3 is 2.74 bits per heavy atom. The summed E-state index contributed by atoms with van der Waals surface area (Å²) in [5.41, 5.74) is 2.99. The molecule has 0 radical (unpaired) electrons. The third-order valence-corrected chi connectivity index (χ3v) is 6.25. The second-order valence-corrected chi connectivity index (χ2v) is 8.65. The maximum Gasteiger partial charge on any atom is 0.231 e. The van der Waals surface area contributed by atoms with Crippen molar-refractivity contribution in [3.8, 4) is 11.4 Å². The molecule has 158 valence electrons. The molecule has 0 atom stereocenters. The Labute approximate surface area is 186 Å². The lowest BCUT2D eigenvalue weighted by molar-refractivity contribution is -0.115. The van der Waals surface area contributed by atoms with Gasteiger partial charge in [0.2, 0.25) is 11.1 Å². The summed E-state index contributed by atoms with van der Waals surface area (Å²) in [6.45, 7) is 1.99. The Kier molecular flexibility index (Phi) is 6.28. The molecule has 2 aromatic carbocycles. The lowest BCUT2D eigenvalue weighted by Gasteiger charge is -2.04. The van der Waals surface area contributed by atoms with Gasteiger partial charge in [-0.25, -0.2) is 14.1 Å². The van der Waals surface area contributed by atoms with Crippen molar-refractivity contribution in [3.05, 3.63) is 76.0 Å². The van der Waals surface area contributed by atoms with Crippen LogP contribution in [0.15, 0.2) is 59.1 Å². The summed E-state index contributed by atoms with van der Waals surface area (Å²) in [4.78, 5) is 16.8. The van der Waals surface area contributed by atoms with Gasteiger partial charge in [0.1, 0.15) is 10.8 Å². The summed E-state index contributed by atoms with van der Waals surface area (Å²) in [5.74, 6) is 6.29. The van der Waals surface area contributed by atoms with Crippen LogP contribution in [0.3, 0.4) is 0 Å². The zero-order valence-electron chi connectivity index (χ0n) is 16.6. The number of halogens is 1. The summed E-state index contributed by atoms with van der Waals surface area (Å²) in [7, 11) is 0. The molecule has 7 nitrogen and oxygen atoms in total. The minimum Gasteiger partial charge on any atom is -0.335 e. The third-order valence-electron chi connectivity index (χ3n) is 4.37. The van der Waals surface area contributed by atoms with Gasteiger partial charge in [-0.1, -0.05) is 41.6 Å². The molecule has 4 aromatic rings. The number of hydrogen-bond donors (Lipinski definition) is 2. The van der Waals surface area contributed by atoms with Gasteiger partial charge in [-0.05, 0) is 31.2 Å². The fourth-order valence-electron chi connectivity index (χ4n) is 2.82. The van der Waals surface area contributed by atoms with E-state index >= 15 is 0 Å². The van der Waals surface area contributed by atoms with E-state index in [1.54, 1.807) is 18.2 Å². The molecule has 0 fully saturated rings. The van der Waals surface area contributed by atoms with Gasteiger partial charge in [0.15, 0.2) is 5.82 Å². The van der Waals surface area contributed by atoms with Crippen molar-refractivity contribution in [2.45, 2.75) is 24.3 Å². The van der Waals surface area contributed by atoms with E-state index in [1.165, 1.54) is 33.8 Å². The second-order valence-electron chi connectivity index (χ2n) is 6.77. The molecule has 3 N–H and O–H groups in total. The number of amides is 1. The van der Waals surface area contributed by atoms with Crippen molar-refractivity contribution in [3.63, 3.8) is 0 Å². The van der Waals surface area contributed by atoms with Crippen LogP contribution in [-0.4, -0.2) is 25.8 Å². The van der Waals surface area contributed by atoms with Gasteiger partial charge < -0.3 is 11.2 Å². The van der Waals surface area contributed by atoms with Crippen LogP contribution in [0.1, 0.15) is 16.3 Å². The Bertz CT molecular complexity index is 1200. The highest BCUT2D eigenvalue weighted by atomic mass is 32.2. The first-order valence-corrected chi connectivity index (χ1v) is 11.2. The molecule has 0 saturated carbocycles. The van der Waals surface area contributed by atoms with Gasteiger partial charge in [0.25, 0.3) is 0 Å². The Morgan fingerprint density at radius 2 is 1.97 bits per heavy atom. The van der Waals surface area contributed by atoms with Crippen LogP contribution in [0.4, 0.5) is 10.1 Å². The van der Waals surface area contributed by atoms with Gasteiger partial charge >= 0.3 is 0 Å². The number of aryl methyl sites for hydroxylation is 1. The number of aromatic nitrogens is 4. The number of nitrogens with two attached hydrogens (primary N) is 1. The van der Waals surface area contributed by atoms with Gasteiger partial charge in [-0.15, -0.1) is 21.5 Å². The minimum absolute atomic E-state index is 0.117. The van der Waals surface area contributed by atoms with Crippen LogP contribution < -0.4 is 11.2 Å². The van der Waals surface area contributed by atoms with E-state index in [9.17, 15) is 9.18 Å². The second kappa shape index (κ2) is 9.27. The van der Waals surface area contributed by atoms with Crippen molar-refractivity contribution in [2.75, 3.05) is 11.2 Å². The number of carbonyl (C=O) groups excluding carboxylic acids is 1. The van der Waals surface area contributed by atoms with E-state index in [4.69, 9.17) is 5.84 Å². The van der Waals surface area contributed by atoms with E-state index < -0.39 is 5.82 Å². The molecule has 0 aliphatic carbocycles. The van der Waals surface area contributed by atoms with Crippen LogP contribution in [-0.2, 0) is 17.0 Å². The number of hydrogen-bond acceptors (Lipinski definition) is 7. The minimum atomic E-state index is -0.411. The molecule has 0 aliphatic rings. The molecule has 2 aromatic heterocycles. The van der Waals surface area contributed by atoms with E-state index in [2.05, 4.69) is 20.5 Å². The fraction of sp³-hybridized carbons (Fsp3) is 0.143. The topological polar surface area (TPSA) is 98.7 Å². The molecule has 0 bridgehead atoms. The fourth-order valence-corrected chi connectivity index (χ4v) is 4.46. The zero-order chi connectivity index (χ0) is 21.8. The number of nitrogens with zero attached hydrogens (tertiary/aromatic N) is 4. The van der Waals surface area contributed by atoms with Crippen LogP contribution in [0, 0.1) is 12.7 Å². The largest absolute Gasteiger partial charge is 0.335 e. The SMILES string of the molecule is Cc1ccc(NC(=O)Cc2nc(CSc3nnc(-c4ccccc4F)n3N)cs2)cc1. The lowest BCUT2D eigenvalue weighted by Crippen LogP contribution is -2.14. The standard InChI is InChI=1S/C21H19FN6OS2/c1-13-6-8-14(9-7-13)24-18(29)10-19-25-15(11-30-19)12-31-21-27-26-20(28(21)23)16-4-2-3-5-17(16)22/h2-9,11H,10,12,23H2,1H3,(H,24,29). The van der Waals surface area contributed by atoms with E-state index in [-0.39, 0.29) is 18.2 Å². The smallest absolute Gasteiger partial charge is 0.231 e. The van der Waals surface area contributed by atoms with Crippen LogP contribution in [0.25, 0.3) is 11.4 Å². The number of nitrogens with one attached hydrogen (secondary N) is 1. The predicted octanol–water partition coefficient (Wildman–Crippen LogP) is 4.04. The summed E-state index contributed by atoms with van der Waals surface area (Å²) in [6.07, 6.45) is 0.202. The first-order valence-electron chi connectivity index (χ1n) is 9.37. The van der Waals surface area contributed by atoms with Gasteiger partial charge in [-0.3, -0.25) is 4.79 Å². The molecule has 31 heavy (non-hydrogen) atoms. The quantitative estimate of drug-likeness (QED) is 0.323. The normalized spacial score (nSPS) is 10.9. The average Bonchev–Trinajstić information content (AvgIpc) is 3.35. The molecular formula is C21H19FN6OS2. The van der Waals surface area contributed by atoms with Crippen LogP contribution in [0.5, 0.6) is 0 Å². The Hall–Kier alpha value is -3.24. The summed E-state index contributed by atoms with van der Waals surface area (Å²) in [5, 5.41) is 14.0. The molecule has 2 heterocycles. The molecule has 0 unspecified atom stereocenters. The monoisotopic (exact) mass is 454 g/mol. The Balaban J connectivity index is 1.35. The number of benzene rings is 2. The number of anilines is 1. The van der Waals surface area contributed by atoms with Crippen molar-refractivity contribution < 1.29 is 9.18 Å². The molecule has 0 spiro atoms. The average molecular weight is 455 g/mol. The maximum absolute atomic E-state index is 14.0. The molecule has 0 saturated heterocycles. The predicted molar refractivity (Wildman–Crippen MR) is 121 cm³/mol. The molecule has 10 heteroatoms. The molecule has 0 aliphatic heterocycles. The van der Waals surface area contributed by atoms with Crippen molar-refractivity contribution in [1.29, 1.82) is 0 Å². The van der Waals surface area contributed by atoms with Crippen molar-refractivity contribution >= 4 is 34.7 Å². The number of thiazole rings is 1. The Morgan fingerprint density at radius 1 is 1.19 bits per heavy atom.